The van der Waals surface area contributed by atoms with Gasteiger partial charge in [0.1, 0.15) is 0 Å². The Morgan fingerprint density at radius 1 is 0.900 bits per heavy atom. The first kappa shape index (κ1) is 9.60. The number of hydrogen-bond donors (Lipinski definition) is 0. The highest BCUT2D eigenvalue weighted by molar-refractivity contribution is 4.43. The quantitative estimate of drug-likeness (QED) is 0.347. The highest BCUT2D eigenvalue weighted by Gasteiger charge is 2.28. The second kappa shape index (κ2) is 3.69. The predicted octanol–water partition coefficient (Wildman–Crippen LogP) is 0.974. The van der Waals surface area contributed by atoms with Crippen LogP contribution in [0.5, 0.6) is 0 Å². The Morgan fingerprint density at radius 3 is 1.20 bits per heavy atom. The normalized spacial score (nSPS) is 12.6. The molecule has 0 heterocycles. The van der Waals surface area contributed by atoms with Gasteiger partial charge in [-0.05, 0) is 0 Å². The van der Waals surface area contributed by atoms with E-state index in [9.17, 15) is 17.9 Å². The molecule has 0 aromatic heterocycles. The summed E-state index contributed by atoms with van der Waals surface area (Å²) in [7, 11) is 1.37. The fourth-order valence-electron chi connectivity index (χ4n) is 0.460. The van der Waals surface area contributed by atoms with Crippen LogP contribution in [0, 0.1) is 0 Å². The van der Waals surface area contributed by atoms with E-state index in [0.29, 0.717) is 14.1 Å². The Bertz CT molecular complexity index is 76.7. The summed E-state index contributed by atoms with van der Waals surface area (Å²) >= 11 is 0. The maximum atomic E-state index is 11.9. The van der Waals surface area contributed by atoms with Crippen molar-refractivity contribution in [3.05, 3.63) is 0 Å². The largest absolute Gasteiger partial charge is 0.232 e. The molecular weight excluding hydrogens is 154 g/mol. The smallest absolute Gasteiger partial charge is 0.132 e. The lowest BCUT2D eigenvalue weighted by molar-refractivity contribution is -0.323. The molecule has 0 bridgehead atoms. The van der Waals surface area contributed by atoms with Crippen molar-refractivity contribution in [1.29, 1.82) is 0 Å². The molecule has 0 fully saturated rings. The van der Waals surface area contributed by atoms with Crippen LogP contribution in [-0.2, 0) is 0 Å². The van der Waals surface area contributed by atoms with Gasteiger partial charge in [-0.3, -0.25) is 0 Å². The average Bonchev–Trinajstić information content (AvgIpc) is 1.59. The van der Waals surface area contributed by atoms with Gasteiger partial charge >= 0.3 is 0 Å². The SMILES string of the molecule is CN(F)C(N(C)F)N(F)F. The molecule has 0 aromatic carbocycles. The second-order valence-corrected chi connectivity index (χ2v) is 1.66. The van der Waals surface area contributed by atoms with Crippen molar-refractivity contribution >= 4 is 0 Å². The lowest BCUT2D eigenvalue weighted by Crippen LogP contribution is -2.43. The standard InChI is InChI=1S/C3H7F4N3/c1-8(4)3(9(2)5)10(6)7/h3H,1-2H3. The van der Waals surface area contributed by atoms with Gasteiger partial charge in [0.05, 0.1) is 5.34 Å². The van der Waals surface area contributed by atoms with Crippen LogP contribution in [0.4, 0.5) is 17.9 Å². The Hall–Kier alpha value is -0.400. The second-order valence-electron chi connectivity index (χ2n) is 1.66. The molecule has 0 aliphatic rings. The van der Waals surface area contributed by atoms with Crippen molar-refractivity contribution < 1.29 is 17.9 Å². The maximum absolute atomic E-state index is 11.9. The predicted molar refractivity (Wildman–Crippen MR) is 25.6 cm³/mol. The topological polar surface area (TPSA) is 9.72 Å². The third-order valence-electron chi connectivity index (χ3n) is 0.811. The van der Waals surface area contributed by atoms with Crippen molar-refractivity contribution in [3.8, 4) is 0 Å². The van der Waals surface area contributed by atoms with Gasteiger partial charge in [-0.1, -0.05) is 8.96 Å². The summed E-state index contributed by atoms with van der Waals surface area (Å²) in [6.07, 6.45) is -2.28. The van der Waals surface area contributed by atoms with Crippen LogP contribution in [-0.4, -0.2) is 36.0 Å². The molecule has 0 unspecified atom stereocenters. The molecule has 0 radical (unpaired) electrons. The highest BCUT2D eigenvalue weighted by Crippen LogP contribution is 2.09. The van der Waals surface area contributed by atoms with Crippen molar-refractivity contribution in [2.45, 2.75) is 6.29 Å². The van der Waals surface area contributed by atoms with Crippen LogP contribution < -0.4 is 0 Å². The molecule has 10 heavy (non-hydrogen) atoms. The van der Waals surface area contributed by atoms with Crippen LogP contribution in [0.1, 0.15) is 0 Å². The van der Waals surface area contributed by atoms with Gasteiger partial charge in [-0.2, -0.15) is 0 Å². The summed E-state index contributed by atoms with van der Waals surface area (Å²) < 4.78 is 46.7. The minimum Gasteiger partial charge on any atom is -0.132 e. The molecule has 0 saturated carbocycles. The van der Waals surface area contributed by atoms with E-state index < -0.39 is 21.9 Å². The molecule has 0 atom stereocenters. The average molecular weight is 161 g/mol. The van der Waals surface area contributed by atoms with Crippen LogP contribution in [0.3, 0.4) is 0 Å². The highest BCUT2D eigenvalue weighted by atomic mass is 19.4. The minimum atomic E-state index is -2.28. The van der Waals surface area contributed by atoms with E-state index in [0.717, 1.165) is 0 Å². The molecule has 0 aliphatic heterocycles. The Kier molecular flexibility index (Phi) is 3.54. The van der Waals surface area contributed by atoms with Crippen LogP contribution >= 0.6 is 0 Å². The third-order valence-corrected chi connectivity index (χ3v) is 0.811. The van der Waals surface area contributed by atoms with E-state index in [1.54, 1.807) is 0 Å². The monoisotopic (exact) mass is 161 g/mol. The van der Waals surface area contributed by atoms with Crippen LogP contribution in [0.2, 0.25) is 0 Å². The zero-order valence-electron chi connectivity index (χ0n) is 5.43. The van der Waals surface area contributed by atoms with Crippen molar-refractivity contribution in [2.75, 3.05) is 14.1 Å². The van der Waals surface area contributed by atoms with Gasteiger partial charge in [0, 0.05) is 14.1 Å². The Balaban J connectivity index is 3.98. The van der Waals surface area contributed by atoms with E-state index >= 15 is 0 Å². The van der Waals surface area contributed by atoms with E-state index in [4.69, 9.17) is 0 Å². The molecule has 0 aliphatic carbocycles. The zero-order valence-corrected chi connectivity index (χ0v) is 5.43. The molecule has 3 nitrogen and oxygen atoms in total. The summed E-state index contributed by atoms with van der Waals surface area (Å²) in [4.78, 5) is 0. The third kappa shape index (κ3) is 2.46. The maximum Gasteiger partial charge on any atom is 0.232 e. The number of nitrogens with zero attached hydrogens (tertiary/aromatic N) is 3. The van der Waals surface area contributed by atoms with Crippen molar-refractivity contribution in [1.82, 2.24) is 15.6 Å². The number of hydrogen-bond acceptors (Lipinski definition) is 3. The summed E-state index contributed by atoms with van der Waals surface area (Å²) in [5.41, 5.74) is 0. The van der Waals surface area contributed by atoms with Gasteiger partial charge in [0.15, 0.2) is 0 Å². The van der Waals surface area contributed by atoms with E-state index in [-0.39, 0.29) is 0 Å². The fourth-order valence-corrected chi connectivity index (χ4v) is 0.460. The Morgan fingerprint density at radius 2 is 1.20 bits per heavy atom. The van der Waals surface area contributed by atoms with Gasteiger partial charge in [-0.25, -0.2) is 0 Å². The van der Waals surface area contributed by atoms with E-state index in [1.807, 2.05) is 0 Å². The molecule has 0 N–H and O–H groups in total. The van der Waals surface area contributed by atoms with E-state index in [1.165, 1.54) is 0 Å². The number of halogens is 4. The summed E-state index contributed by atoms with van der Waals surface area (Å²) in [6.45, 7) is 0. The van der Waals surface area contributed by atoms with Gasteiger partial charge in [-0.15, -0.1) is 19.2 Å². The van der Waals surface area contributed by atoms with Crippen LogP contribution in [0.25, 0.3) is 0 Å². The van der Waals surface area contributed by atoms with Gasteiger partial charge in [0.2, 0.25) is 6.29 Å². The molecule has 7 heteroatoms. The van der Waals surface area contributed by atoms with Gasteiger partial charge in [0.25, 0.3) is 0 Å². The van der Waals surface area contributed by atoms with Gasteiger partial charge < -0.3 is 0 Å². The molecule has 0 spiro atoms. The Labute approximate surface area is 55.2 Å². The molecule has 0 rings (SSSR count). The lowest BCUT2D eigenvalue weighted by atomic mass is 10.8. The lowest BCUT2D eigenvalue weighted by Gasteiger charge is -2.21. The first-order valence-corrected chi connectivity index (χ1v) is 2.35. The first-order valence-electron chi connectivity index (χ1n) is 2.35. The summed E-state index contributed by atoms with van der Waals surface area (Å²) in [6, 6.07) is 0. The summed E-state index contributed by atoms with van der Waals surface area (Å²) in [5, 5.41) is -2.50. The van der Waals surface area contributed by atoms with Crippen molar-refractivity contribution in [2.24, 2.45) is 0 Å². The zero-order chi connectivity index (χ0) is 8.31. The van der Waals surface area contributed by atoms with Crippen LogP contribution in [0.15, 0.2) is 0 Å². The molecule has 62 valence electrons. The molecular formula is C3H7F4N3. The molecule has 0 amide bonds. The summed E-state index contributed by atoms with van der Waals surface area (Å²) in [5.74, 6) is 0. The molecule has 0 aromatic rings. The minimum absolute atomic E-state index is 0.458. The fraction of sp³-hybridized carbons (Fsp3) is 1.00. The van der Waals surface area contributed by atoms with E-state index in [2.05, 4.69) is 0 Å². The first-order chi connectivity index (χ1) is 4.46. The van der Waals surface area contributed by atoms with Crippen molar-refractivity contribution in [3.63, 3.8) is 0 Å². The molecule has 0 saturated heterocycles. The number of rotatable bonds is 3.